The second-order valence-corrected chi connectivity index (χ2v) is 7.17. The molecule has 1 fully saturated rings. The van der Waals surface area contributed by atoms with Gasteiger partial charge in [0.1, 0.15) is 11.3 Å². The summed E-state index contributed by atoms with van der Waals surface area (Å²) in [6.07, 6.45) is 9.73. The Labute approximate surface area is 175 Å². The van der Waals surface area contributed by atoms with Crippen molar-refractivity contribution in [3.05, 3.63) is 60.2 Å². The summed E-state index contributed by atoms with van der Waals surface area (Å²) in [6.45, 7) is 2.01. The first-order valence-corrected chi connectivity index (χ1v) is 10.1. The molecule has 1 aromatic heterocycles. The van der Waals surface area contributed by atoms with Gasteiger partial charge in [-0.25, -0.2) is 9.18 Å². The highest BCUT2D eigenvalue weighted by Gasteiger charge is 2.41. The zero-order valence-corrected chi connectivity index (χ0v) is 16.9. The second-order valence-electron chi connectivity index (χ2n) is 7.17. The highest BCUT2D eigenvalue weighted by atomic mass is 19.1. The molecule has 0 atom stereocenters. The van der Waals surface area contributed by atoms with E-state index in [1.54, 1.807) is 31.3 Å². The number of ether oxygens (including phenoxy) is 2. The van der Waals surface area contributed by atoms with E-state index in [4.69, 9.17) is 9.47 Å². The molecule has 158 valence electrons. The van der Waals surface area contributed by atoms with E-state index >= 15 is 0 Å². The summed E-state index contributed by atoms with van der Waals surface area (Å²) in [4.78, 5) is 28.8. The molecule has 1 aliphatic rings. The minimum absolute atomic E-state index is 0.0630. The van der Waals surface area contributed by atoms with Gasteiger partial charge in [-0.2, -0.15) is 0 Å². The third-order valence-electron chi connectivity index (χ3n) is 4.98. The number of hydrogen-bond donors (Lipinski definition) is 1. The summed E-state index contributed by atoms with van der Waals surface area (Å²) in [7, 11) is 0. The van der Waals surface area contributed by atoms with Crippen LogP contribution < -0.4 is 10.1 Å². The smallest absolute Gasteiger partial charge is 0.331 e. The van der Waals surface area contributed by atoms with E-state index in [2.05, 4.69) is 10.3 Å². The van der Waals surface area contributed by atoms with E-state index in [9.17, 15) is 14.0 Å². The fourth-order valence-corrected chi connectivity index (χ4v) is 3.49. The Hall–Kier alpha value is -3.22. The normalized spacial score (nSPS) is 15.5. The van der Waals surface area contributed by atoms with Crippen LogP contribution in [0.2, 0.25) is 0 Å². The Morgan fingerprint density at radius 3 is 2.70 bits per heavy atom. The Balaban J connectivity index is 1.66. The molecular formula is C23H25FN2O4. The highest BCUT2D eigenvalue weighted by Crippen LogP contribution is 2.30. The van der Waals surface area contributed by atoms with Crippen molar-refractivity contribution in [2.75, 3.05) is 6.61 Å². The van der Waals surface area contributed by atoms with Crippen molar-refractivity contribution in [3.8, 4) is 11.5 Å². The molecule has 1 saturated carbocycles. The number of aromatic nitrogens is 1. The lowest BCUT2D eigenvalue weighted by Crippen LogP contribution is -2.56. The molecule has 1 heterocycles. The number of nitrogens with zero attached hydrogens (tertiary/aromatic N) is 1. The van der Waals surface area contributed by atoms with E-state index < -0.39 is 23.2 Å². The standard InChI is InChI=1S/C23H25FN2O4/c1-2-29-22(28)23(12-4-3-5-13-23)26-21(27)11-9-17-8-10-20(19(24)15-17)30-18-7-6-14-25-16-18/h6-11,14-16H,2-5,12-13H2,1H3,(H,26,27)/b11-9+. The van der Waals surface area contributed by atoms with Crippen LogP contribution in [0.5, 0.6) is 11.5 Å². The zero-order chi connectivity index (χ0) is 21.4. The van der Waals surface area contributed by atoms with Gasteiger partial charge in [0.05, 0.1) is 12.8 Å². The van der Waals surface area contributed by atoms with Crippen molar-refractivity contribution in [3.63, 3.8) is 0 Å². The molecule has 3 rings (SSSR count). The number of amides is 1. The first-order chi connectivity index (χ1) is 14.5. The molecule has 6 nitrogen and oxygen atoms in total. The van der Waals surface area contributed by atoms with Gasteiger partial charge in [0.15, 0.2) is 11.6 Å². The third kappa shape index (κ3) is 5.43. The van der Waals surface area contributed by atoms with E-state index in [0.29, 0.717) is 24.2 Å². The molecule has 0 saturated heterocycles. The van der Waals surface area contributed by atoms with E-state index in [-0.39, 0.29) is 12.4 Å². The van der Waals surface area contributed by atoms with E-state index in [0.717, 1.165) is 19.3 Å². The Morgan fingerprint density at radius 1 is 1.23 bits per heavy atom. The summed E-state index contributed by atoms with van der Waals surface area (Å²) >= 11 is 0. The molecule has 0 bridgehead atoms. The molecule has 0 unspecified atom stereocenters. The van der Waals surface area contributed by atoms with Crippen molar-refractivity contribution in [1.82, 2.24) is 10.3 Å². The quantitative estimate of drug-likeness (QED) is 0.538. The summed E-state index contributed by atoms with van der Waals surface area (Å²) < 4.78 is 25.0. The zero-order valence-electron chi connectivity index (χ0n) is 16.9. The summed E-state index contributed by atoms with van der Waals surface area (Å²) in [5.41, 5.74) is -0.488. The number of pyridine rings is 1. The average Bonchev–Trinajstić information content (AvgIpc) is 2.75. The number of carbonyl (C=O) groups excluding carboxylic acids is 2. The van der Waals surface area contributed by atoms with Gasteiger partial charge in [-0.15, -0.1) is 0 Å². The number of rotatable bonds is 7. The monoisotopic (exact) mass is 412 g/mol. The Kier molecular flexibility index (Phi) is 7.17. The average molecular weight is 412 g/mol. The van der Waals surface area contributed by atoms with Crippen LogP contribution in [0, 0.1) is 5.82 Å². The van der Waals surface area contributed by atoms with Crippen molar-refractivity contribution >= 4 is 18.0 Å². The SMILES string of the molecule is CCOC(=O)C1(NC(=O)/C=C/c2ccc(Oc3cccnc3)c(F)c2)CCCCC1. The molecular weight excluding hydrogens is 387 g/mol. The maximum Gasteiger partial charge on any atom is 0.331 e. The first kappa shape index (κ1) is 21.5. The summed E-state index contributed by atoms with van der Waals surface area (Å²) in [5, 5.41) is 2.82. The van der Waals surface area contributed by atoms with Gasteiger partial charge >= 0.3 is 5.97 Å². The first-order valence-electron chi connectivity index (χ1n) is 10.1. The number of halogens is 1. The van der Waals surface area contributed by atoms with Gasteiger partial charge in [0, 0.05) is 12.3 Å². The maximum atomic E-state index is 14.3. The predicted molar refractivity (Wildman–Crippen MR) is 110 cm³/mol. The van der Waals surface area contributed by atoms with Crippen molar-refractivity contribution in [2.24, 2.45) is 0 Å². The molecule has 1 aliphatic carbocycles. The van der Waals surface area contributed by atoms with Crippen LogP contribution in [-0.4, -0.2) is 29.0 Å². The lowest BCUT2D eigenvalue weighted by molar-refractivity contribution is -0.154. The van der Waals surface area contributed by atoms with Crippen LogP contribution in [0.25, 0.3) is 6.08 Å². The molecule has 0 radical (unpaired) electrons. The second kappa shape index (κ2) is 10.0. The van der Waals surface area contributed by atoms with E-state index in [1.165, 1.54) is 30.5 Å². The van der Waals surface area contributed by atoms with Crippen LogP contribution in [0.3, 0.4) is 0 Å². The third-order valence-corrected chi connectivity index (χ3v) is 4.98. The predicted octanol–water partition coefficient (Wildman–Crippen LogP) is 4.41. The molecule has 1 amide bonds. The van der Waals surface area contributed by atoms with Crippen molar-refractivity contribution < 1.29 is 23.5 Å². The topological polar surface area (TPSA) is 77.5 Å². The lowest BCUT2D eigenvalue weighted by Gasteiger charge is -2.35. The summed E-state index contributed by atoms with van der Waals surface area (Å²) in [5.74, 6) is -0.879. The van der Waals surface area contributed by atoms with Gasteiger partial charge < -0.3 is 14.8 Å². The van der Waals surface area contributed by atoms with Gasteiger partial charge in [0.25, 0.3) is 0 Å². The lowest BCUT2D eigenvalue weighted by atomic mass is 9.81. The molecule has 7 heteroatoms. The molecule has 0 spiro atoms. The molecule has 30 heavy (non-hydrogen) atoms. The molecule has 2 aromatic rings. The number of benzene rings is 1. The molecule has 0 aliphatic heterocycles. The van der Waals surface area contributed by atoms with Gasteiger partial charge in [-0.05, 0) is 55.7 Å². The fraction of sp³-hybridized carbons (Fsp3) is 0.348. The largest absolute Gasteiger partial charge is 0.464 e. The van der Waals surface area contributed by atoms with Gasteiger partial charge in [-0.3, -0.25) is 9.78 Å². The molecule has 1 N–H and O–H groups in total. The van der Waals surface area contributed by atoms with Crippen molar-refractivity contribution in [2.45, 2.75) is 44.6 Å². The number of esters is 1. The number of carbonyl (C=O) groups is 2. The van der Waals surface area contributed by atoms with Crippen LogP contribution >= 0.6 is 0 Å². The molecule has 1 aromatic carbocycles. The van der Waals surface area contributed by atoms with E-state index in [1.807, 2.05) is 0 Å². The fourth-order valence-electron chi connectivity index (χ4n) is 3.49. The maximum absolute atomic E-state index is 14.3. The van der Waals surface area contributed by atoms with Crippen LogP contribution in [-0.2, 0) is 14.3 Å². The minimum atomic E-state index is -0.984. The van der Waals surface area contributed by atoms with Crippen molar-refractivity contribution in [1.29, 1.82) is 0 Å². The number of nitrogens with one attached hydrogen (secondary N) is 1. The highest BCUT2D eigenvalue weighted by molar-refractivity contribution is 5.96. The van der Waals surface area contributed by atoms with Crippen LogP contribution in [0.15, 0.2) is 48.8 Å². The van der Waals surface area contributed by atoms with Crippen LogP contribution in [0.4, 0.5) is 4.39 Å². The number of hydrogen-bond acceptors (Lipinski definition) is 5. The van der Waals surface area contributed by atoms with Gasteiger partial charge in [0.2, 0.25) is 5.91 Å². The summed E-state index contributed by atoms with van der Waals surface area (Å²) in [6, 6.07) is 7.77. The minimum Gasteiger partial charge on any atom is -0.464 e. The van der Waals surface area contributed by atoms with Crippen LogP contribution in [0.1, 0.15) is 44.6 Å². The van der Waals surface area contributed by atoms with Gasteiger partial charge in [-0.1, -0.05) is 25.3 Å². The Bertz CT molecular complexity index is 909. The Morgan fingerprint density at radius 2 is 2.03 bits per heavy atom.